The largest absolute Gasteiger partial charge is 0.381 e. The molecule has 0 saturated heterocycles. The van der Waals surface area contributed by atoms with Crippen LogP contribution >= 0.6 is 0 Å². The Morgan fingerprint density at radius 1 is 1.14 bits per heavy atom. The van der Waals surface area contributed by atoms with Gasteiger partial charge in [0.1, 0.15) is 5.82 Å². The van der Waals surface area contributed by atoms with E-state index in [0.29, 0.717) is 13.2 Å². The summed E-state index contributed by atoms with van der Waals surface area (Å²) in [6.45, 7) is 0.892. The fraction of sp³-hybridized carbons (Fsp3) is 0.182. The van der Waals surface area contributed by atoms with Crippen LogP contribution in [0.1, 0.15) is 11.1 Å². The van der Waals surface area contributed by atoms with Crippen LogP contribution in [0, 0.1) is 5.82 Å². The lowest BCUT2D eigenvalue weighted by Gasteiger charge is -2.12. The van der Waals surface area contributed by atoms with Crippen LogP contribution < -0.4 is 5.32 Å². The molecule has 2 aromatic carbocycles. The van der Waals surface area contributed by atoms with Gasteiger partial charge in [0.2, 0.25) is 0 Å². The van der Waals surface area contributed by atoms with Crippen molar-refractivity contribution in [3.63, 3.8) is 0 Å². The number of nitrogens with one attached hydrogen (secondary N) is 1. The Morgan fingerprint density at radius 2 is 1.93 bits per heavy atom. The molecule has 1 heterocycles. The van der Waals surface area contributed by atoms with E-state index < -0.39 is 15.8 Å². The van der Waals surface area contributed by atoms with E-state index in [1.807, 2.05) is 6.07 Å². The Labute approximate surface area is 170 Å². The van der Waals surface area contributed by atoms with Crippen LogP contribution in [0.5, 0.6) is 0 Å². The lowest BCUT2D eigenvalue weighted by Crippen LogP contribution is -2.14. The van der Waals surface area contributed by atoms with Crippen molar-refractivity contribution in [1.82, 2.24) is 9.29 Å². The molecule has 5 nitrogen and oxygen atoms in total. The Hall–Kier alpha value is -2.74. The van der Waals surface area contributed by atoms with Crippen LogP contribution in [0.25, 0.3) is 17.3 Å². The van der Waals surface area contributed by atoms with E-state index in [9.17, 15) is 12.8 Å². The molecule has 0 unspecified atom stereocenters. The van der Waals surface area contributed by atoms with E-state index in [1.54, 1.807) is 62.7 Å². The first kappa shape index (κ1) is 21.0. The van der Waals surface area contributed by atoms with Crippen molar-refractivity contribution < 1.29 is 17.5 Å². The minimum atomic E-state index is -3.93. The fourth-order valence-corrected chi connectivity index (χ4v) is 4.48. The molecule has 0 aliphatic rings. The normalized spacial score (nSPS) is 12.0. The number of nitrogens with zero attached hydrogens (tertiary/aromatic N) is 1. The highest BCUT2D eigenvalue weighted by atomic mass is 32.2. The van der Waals surface area contributed by atoms with E-state index in [2.05, 4.69) is 5.32 Å². The van der Waals surface area contributed by atoms with E-state index in [-0.39, 0.29) is 16.2 Å². The van der Waals surface area contributed by atoms with Crippen molar-refractivity contribution in [2.75, 3.05) is 20.8 Å². The zero-order valence-electron chi connectivity index (χ0n) is 16.3. The van der Waals surface area contributed by atoms with Gasteiger partial charge in [0.25, 0.3) is 10.0 Å². The van der Waals surface area contributed by atoms with Crippen LogP contribution in [0.3, 0.4) is 0 Å². The molecule has 3 rings (SSSR count). The molecule has 0 aliphatic carbocycles. The number of halogens is 1. The molecule has 0 saturated carbocycles. The van der Waals surface area contributed by atoms with Gasteiger partial charge in [-0.05, 0) is 48.5 Å². The standard InChI is InChI=1S/C22H23FN2O3S/c1-24-15-18-14-22(20-10-3-4-11-21(20)23)25(16-18)29(26,27)19-9-5-7-17(13-19)8-6-12-28-2/h3-11,13-14,16,24H,12,15H2,1-2H3/b8-6+. The van der Waals surface area contributed by atoms with Gasteiger partial charge in [-0.25, -0.2) is 16.8 Å². The Morgan fingerprint density at radius 3 is 2.66 bits per heavy atom. The van der Waals surface area contributed by atoms with Gasteiger partial charge in [0.15, 0.2) is 0 Å². The van der Waals surface area contributed by atoms with Crippen molar-refractivity contribution in [2.45, 2.75) is 11.4 Å². The molecule has 0 bridgehead atoms. The van der Waals surface area contributed by atoms with E-state index >= 15 is 0 Å². The van der Waals surface area contributed by atoms with Crippen LogP contribution in [-0.4, -0.2) is 33.2 Å². The van der Waals surface area contributed by atoms with Crippen LogP contribution in [0.2, 0.25) is 0 Å². The van der Waals surface area contributed by atoms with Gasteiger partial charge >= 0.3 is 0 Å². The lowest BCUT2D eigenvalue weighted by molar-refractivity contribution is 0.234. The Bertz CT molecular complexity index is 1120. The maximum Gasteiger partial charge on any atom is 0.268 e. The summed E-state index contributed by atoms with van der Waals surface area (Å²) in [6.07, 6.45) is 5.13. The fourth-order valence-electron chi connectivity index (χ4n) is 3.03. The number of hydrogen-bond acceptors (Lipinski definition) is 4. The molecular formula is C22H23FN2O3S. The zero-order valence-corrected chi connectivity index (χ0v) is 17.1. The van der Waals surface area contributed by atoms with Gasteiger partial charge in [-0.1, -0.05) is 36.4 Å². The van der Waals surface area contributed by atoms with Gasteiger partial charge in [0, 0.05) is 25.4 Å². The first-order valence-electron chi connectivity index (χ1n) is 9.09. The summed E-state index contributed by atoms with van der Waals surface area (Å²) in [4.78, 5) is 0.126. The van der Waals surface area contributed by atoms with Crippen molar-refractivity contribution in [3.05, 3.63) is 83.8 Å². The average Bonchev–Trinajstić information content (AvgIpc) is 3.14. The number of benzene rings is 2. The molecule has 0 amide bonds. The van der Waals surface area contributed by atoms with Crippen LogP contribution in [0.15, 0.2) is 71.8 Å². The average molecular weight is 415 g/mol. The Balaban J connectivity index is 2.12. The summed E-state index contributed by atoms with van der Waals surface area (Å²) in [5.74, 6) is -0.477. The number of rotatable bonds is 8. The van der Waals surface area contributed by atoms with Crippen LogP contribution in [-0.2, 0) is 21.3 Å². The maximum atomic E-state index is 14.4. The van der Waals surface area contributed by atoms with Gasteiger partial charge in [0.05, 0.1) is 17.2 Å². The van der Waals surface area contributed by atoms with Gasteiger partial charge in [-0.2, -0.15) is 0 Å². The highest BCUT2D eigenvalue weighted by Crippen LogP contribution is 2.29. The van der Waals surface area contributed by atoms with Crippen molar-refractivity contribution in [1.29, 1.82) is 0 Å². The molecule has 0 fully saturated rings. The summed E-state index contributed by atoms with van der Waals surface area (Å²) in [5.41, 5.74) is 1.99. The Kier molecular flexibility index (Phi) is 6.64. The summed E-state index contributed by atoms with van der Waals surface area (Å²) < 4.78 is 47.4. The smallest absolute Gasteiger partial charge is 0.268 e. The second-order valence-corrected chi connectivity index (χ2v) is 8.29. The predicted octanol–water partition coefficient (Wildman–Crippen LogP) is 3.91. The van der Waals surface area contributed by atoms with Crippen molar-refractivity contribution >= 4 is 16.1 Å². The summed E-state index contributed by atoms with van der Waals surface area (Å²) in [5, 5.41) is 3.00. The topological polar surface area (TPSA) is 60.3 Å². The first-order chi connectivity index (χ1) is 14.0. The molecule has 0 atom stereocenters. The molecule has 0 radical (unpaired) electrons. The maximum absolute atomic E-state index is 14.4. The molecule has 0 spiro atoms. The summed E-state index contributed by atoms with van der Waals surface area (Å²) in [6, 6.07) is 14.4. The lowest BCUT2D eigenvalue weighted by atomic mass is 10.1. The van der Waals surface area contributed by atoms with Crippen LogP contribution in [0.4, 0.5) is 4.39 Å². The molecule has 1 aromatic heterocycles. The second kappa shape index (κ2) is 9.17. The highest BCUT2D eigenvalue weighted by molar-refractivity contribution is 7.90. The van der Waals surface area contributed by atoms with Crippen molar-refractivity contribution in [3.8, 4) is 11.3 Å². The van der Waals surface area contributed by atoms with Crippen molar-refractivity contribution in [2.24, 2.45) is 0 Å². The third-order valence-corrected chi connectivity index (χ3v) is 6.03. The molecule has 0 aliphatic heterocycles. The molecular weight excluding hydrogens is 391 g/mol. The summed E-state index contributed by atoms with van der Waals surface area (Å²) >= 11 is 0. The zero-order chi connectivity index (χ0) is 20.9. The van der Waals surface area contributed by atoms with E-state index in [0.717, 1.165) is 15.1 Å². The third kappa shape index (κ3) is 4.64. The third-order valence-electron chi connectivity index (χ3n) is 4.36. The molecule has 3 aromatic rings. The predicted molar refractivity (Wildman–Crippen MR) is 113 cm³/mol. The van der Waals surface area contributed by atoms with Gasteiger partial charge < -0.3 is 10.1 Å². The quantitative estimate of drug-likeness (QED) is 0.607. The minimum absolute atomic E-state index is 0.126. The molecule has 152 valence electrons. The SMILES string of the molecule is CNCc1cc(-c2ccccc2F)n(S(=O)(=O)c2cccc(/C=C/COC)c2)c1. The monoisotopic (exact) mass is 414 g/mol. The minimum Gasteiger partial charge on any atom is -0.381 e. The molecule has 29 heavy (non-hydrogen) atoms. The second-order valence-electron chi connectivity index (χ2n) is 6.47. The van der Waals surface area contributed by atoms with Gasteiger partial charge in [-0.3, -0.25) is 0 Å². The molecule has 1 N–H and O–H groups in total. The number of ether oxygens (including phenoxy) is 1. The van der Waals surface area contributed by atoms with E-state index in [4.69, 9.17) is 4.74 Å². The van der Waals surface area contributed by atoms with Gasteiger partial charge in [-0.15, -0.1) is 0 Å². The number of aromatic nitrogens is 1. The number of hydrogen-bond donors (Lipinski definition) is 1. The first-order valence-corrected chi connectivity index (χ1v) is 10.5. The highest BCUT2D eigenvalue weighted by Gasteiger charge is 2.23. The van der Waals surface area contributed by atoms with E-state index in [1.165, 1.54) is 18.3 Å². The molecule has 7 heteroatoms. The summed E-state index contributed by atoms with van der Waals surface area (Å²) in [7, 11) is -0.572. The number of methoxy groups -OCH3 is 1.